The zero-order valence-electron chi connectivity index (χ0n) is 13.9. The lowest BCUT2D eigenvalue weighted by molar-refractivity contribution is 0.0627. The third kappa shape index (κ3) is 2.62. The molecule has 4 nitrogen and oxygen atoms in total. The molecule has 126 valence electrons. The average Bonchev–Trinajstić information content (AvgIpc) is 3.18. The van der Waals surface area contributed by atoms with Crippen molar-refractivity contribution in [2.45, 2.75) is 51.1 Å². The zero-order valence-corrected chi connectivity index (χ0v) is 13.9. The first-order chi connectivity index (χ1) is 11.6. The Kier molecular flexibility index (Phi) is 3.87. The summed E-state index contributed by atoms with van der Waals surface area (Å²) in [6, 6.07) is 8.59. The number of carbonyl (C=O) groups is 1. The van der Waals surface area contributed by atoms with E-state index in [0.29, 0.717) is 23.3 Å². The highest BCUT2D eigenvalue weighted by molar-refractivity contribution is 5.93. The summed E-state index contributed by atoms with van der Waals surface area (Å²) in [5.74, 6) is 0.337. The van der Waals surface area contributed by atoms with E-state index in [0.717, 1.165) is 12.8 Å². The quantitative estimate of drug-likeness (QED) is 0.841. The van der Waals surface area contributed by atoms with Crippen LogP contribution in [0.3, 0.4) is 0 Å². The molecule has 0 spiro atoms. The van der Waals surface area contributed by atoms with Gasteiger partial charge in [0, 0.05) is 18.3 Å². The maximum Gasteiger partial charge on any atom is 0.274 e. The van der Waals surface area contributed by atoms with Crippen LogP contribution < -0.4 is 0 Å². The van der Waals surface area contributed by atoms with E-state index in [4.69, 9.17) is 0 Å². The van der Waals surface area contributed by atoms with Crippen LogP contribution in [-0.2, 0) is 0 Å². The number of likely N-dealkylation sites (tertiary alicyclic amines) is 1. The molecule has 2 heterocycles. The van der Waals surface area contributed by atoms with E-state index < -0.39 is 0 Å². The van der Waals surface area contributed by atoms with Crippen molar-refractivity contribution in [1.82, 2.24) is 14.7 Å². The molecule has 2 fully saturated rings. The highest BCUT2D eigenvalue weighted by Crippen LogP contribution is 2.40. The molecule has 1 saturated carbocycles. The molecule has 3 unspecified atom stereocenters. The van der Waals surface area contributed by atoms with Crippen molar-refractivity contribution >= 4 is 5.91 Å². The fraction of sp³-hybridized carbons (Fsp3) is 0.474. The van der Waals surface area contributed by atoms with Crippen LogP contribution in [0.15, 0.2) is 36.5 Å². The Labute approximate surface area is 141 Å². The molecular formula is C19H22FN3O. The third-order valence-corrected chi connectivity index (χ3v) is 5.46. The number of rotatable bonds is 2. The fourth-order valence-electron chi connectivity index (χ4n) is 4.39. The highest BCUT2D eigenvalue weighted by atomic mass is 19.1. The lowest BCUT2D eigenvalue weighted by atomic mass is 9.85. The normalized spacial score (nSPS) is 26.4. The Morgan fingerprint density at radius 2 is 2.08 bits per heavy atom. The molecule has 3 atom stereocenters. The monoisotopic (exact) mass is 327 g/mol. The molecule has 1 amide bonds. The van der Waals surface area contributed by atoms with Crippen molar-refractivity contribution in [2.75, 3.05) is 0 Å². The summed E-state index contributed by atoms with van der Waals surface area (Å²) >= 11 is 0. The number of hydrogen-bond acceptors (Lipinski definition) is 2. The maximum absolute atomic E-state index is 13.4. The summed E-state index contributed by atoms with van der Waals surface area (Å²) in [6.45, 7) is 2.14. The lowest BCUT2D eigenvalue weighted by Crippen LogP contribution is -2.42. The second-order valence-electron chi connectivity index (χ2n) is 7.03. The van der Waals surface area contributed by atoms with Gasteiger partial charge in [-0.25, -0.2) is 9.07 Å². The van der Waals surface area contributed by atoms with Gasteiger partial charge in [0.15, 0.2) is 5.69 Å². The van der Waals surface area contributed by atoms with Gasteiger partial charge in [0.05, 0.1) is 5.69 Å². The largest absolute Gasteiger partial charge is 0.331 e. The average molecular weight is 327 g/mol. The van der Waals surface area contributed by atoms with E-state index in [-0.39, 0.29) is 17.8 Å². The molecule has 0 radical (unpaired) electrons. The Morgan fingerprint density at radius 3 is 2.92 bits per heavy atom. The van der Waals surface area contributed by atoms with E-state index >= 15 is 0 Å². The van der Waals surface area contributed by atoms with E-state index in [1.54, 1.807) is 29.1 Å². The van der Waals surface area contributed by atoms with Crippen LogP contribution in [-0.4, -0.2) is 32.7 Å². The zero-order chi connectivity index (χ0) is 16.7. The summed E-state index contributed by atoms with van der Waals surface area (Å²) < 4.78 is 14.9. The first-order valence-electron chi connectivity index (χ1n) is 8.78. The van der Waals surface area contributed by atoms with Gasteiger partial charge in [-0.1, -0.05) is 18.9 Å². The minimum absolute atomic E-state index is 0.00653. The summed E-state index contributed by atoms with van der Waals surface area (Å²) in [5, 5.41) is 4.40. The summed E-state index contributed by atoms with van der Waals surface area (Å²) in [7, 11) is 0. The van der Waals surface area contributed by atoms with Crippen molar-refractivity contribution < 1.29 is 9.18 Å². The fourth-order valence-corrected chi connectivity index (χ4v) is 4.39. The first-order valence-corrected chi connectivity index (χ1v) is 8.78. The Morgan fingerprint density at radius 1 is 1.25 bits per heavy atom. The minimum atomic E-state index is -0.311. The first kappa shape index (κ1) is 15.4. The van der Waals surface area contributed by atoms with Crippen LogP contribution in [0, 0.1) is 11.7 Å². The third-order valence-electron chi connectivity index (χ3n) is 5.46. The van der Waals surface area contributed by atoms with Crippen LogP contribution in [0.2, 0.25) is 0 Å². The van der Waals surface area contributed by atoms with Crippen molar-refractivity contribution in [1.29, 1.82) is 0 Å². The molecule has 0 N–H and O–H groups in total. The van der Waals surface area contributed by atoms with Crippen LogP contribution in [0.4, 0.5) is 4.39 Å². The molecule has 5 heteroatoms. The number of nitrogens with zero attached hydrogens (tertiary/aromatic N) is 3. The molecule has 1 aliphatic heterocycles. The molecule has 1 aliphatic carbocycles. The van der Waals surface area contributed by atoms with E-state index in [1.807, 2.05) is 4.90 Å². The molecule has 0 bridgehead atoms. The van der Waals surface area contributed by atoms with Crippen molar-refractivity contribution in [3.8, 4) is 5.69 Å². The van der Waals surface area contributed by atoms with Crippen molar-refractivity contribution in [2.24, 2.45) is 5.92 Å². The van der Waals surface area contributed by atoms with Crippen LogP contribution in [0.5, 0.6) is 0 Å². The summed E-state index contributed by atoms with van der Waals surface area (Å²) in [4.78, 5) is 15.0. The number of halogens is 1. The minimum Gasteiger partial charge on any atom is -0.331 e. The van der Waals surface area contributed by atoms with Crippen molar-refractivity contribution in [3.05, 3.63) is 48.0 Å². The number of hydrogen-bond donors (Lipinski definition) is 0. The van der Waals surface area contributed by atoms with E-state index in [9.17, 15) is 9.18 Å². The SMILES string of the molecule is CC1CC2CCCCC2N1C(=O)c1ccn(-c2cccc(F)c2)n1. The Bertz CT molecular complexity index is 757. The molecule has 4 rings (SSSR count). The van der Waals surface area contributed by atoms with Gasteiger partial charge in [0.1, 0.15) is 5.82 Å². The van der Waals surface area contributed by atoms with Gasteiger partial charge in [-0.2, -0.15) is 5.10 Å². The van der Waals surface area contributed by atoms with Gasteiger partial charge in [-0.05, 0) is 56.4 Å². The van der Waals surface area contributed by atoms with E-state index in [1.165, 1.54) is 31.4 Å². The molecule has 24 heavy (non-hydrogen) atoms. The lowest BCUT2D eigenvalue weighted by Gasteiger charge is -2.32. The second kappa shape index (κ2) is 6.04. The van der Waals surface area contributed by atoms with Gasteiger partial charge in [0.2, 0.25) is 0 Å². The number of aromatic nitrogens is 2. The predicted molar refractivity (Wildman–Crippen MR) is 89.5 cm³/mol. The summed E-state index contributed by atoms with van der Waals surface area (Å²) in [5.41, 5.74) is 1.07. The van der Waals surface area contributed by atoms with Crippen LogP contribution >= 0.6 is 0 Å². The van der Waals surface area contributed by atoms with Gasteiger partial charge in [-0.15, -0.1) is 0 Å². The topological polar surface area (TPSA) is 38.1 Å². The molecule has 1 saturated heterocycles. The number of carbonyl (C=O) groups excluding carboxylic acids is 1. The molecule has 2 aromatic rings. The van der Waals surface area contributed by atoms with Gasteiger partial charge >= 0.3 is 0 Å². The number of benzene rings is 1. The Hall–Kier alpha value is -2.17. The van der Waals surface area contributed by atoms with Crippen LogP contribution in [0.1, 0.15) is 49.5 Å². The second-order valence-corrected chi connectivity index (χ2v) is 7.03. The van der Waals surface area contributed by atoms with Crippen LogP contribution in [0.25, 0.3) is 5.69 Å². The maximum atomic E-state index is 13.4. The Balaban J connectivity index is 1.59. The molecular weight excluding hydrogens is 305 g/mol. The predicted octanol–water partition coefficient (Wildman–Crippen LogP) is 3.80. The molecule has 2 aliphatic rings. The number of fused-ring (bicyclic) bond motifs is 1. The van der Waals surface area contributed by atoms with Gasteiger partial charge in [-0.3, -0.25) is 4.79 Å². The molecule has 1 aromatic carbocycles. The molecule has 1 aromatic heterocycles. The van der Waals surface area contributed by atoms with Gasteiger partial charge < -0.3 is 4.90 Å². The summed E-state index contributed by atoms with van der Waals surface area (Å²) in [6.07, 6.45) is 7.64. The van der Waals surface area contributed by atoms with Gasteiger partial charge in [0.25, 0.3) is 5.91 Å². The highest BCUT2D eigenvalue weighted by Gasteiger charge is 2.43. The number of amides is 1. The standard InChI is InChI=1S/C19H22FN3O/c1-13-11-14-5-2-3-8-18(14)23(13)19(24)17-9-10-22(21-17)16-7-4-6-15(20)12-16/h4,6-7,9-10,12-14,18H,2-3,5,8,11H2,1H3. The van der Waals surface area contributed by atoms with E-state index in [2.05, 4.69) is 12.0 Å². The van der Waals surface area contributed by atoms with Crippen molar-refractivity contribution in [3.63, 3.8) is 0 Å². The smallest absolute Gasteiger partial charge is 0.274 e.